The maximum absolute atomic E-state index is 11.2. The number of hydrogen-bond donors (Lipinski definition) is 0. The van der Waals surface area contributed by atoms with E-state index in [0.717, 1.165) is 12.2 Å². The molecule has 0 unspecified atom stereocenters. The molecule has 0 saturated carbocycles. The molecule has 0 aromatic carbocycles. The summed E-state index contributed by atoms with van der Waals surface area (Å²) in [5.41, 5.74) is 1.08. The first-order valence-corrected chi connectivity index (χ1v) is 4.96. The van der Waals surface area contributed by atoms with Crippen molar-refractivity contribution in [1.29, 1.82) is 0 Å². The van der Waals surface area contributed by atoms with Crippen LogP contribution in [-0.2, 0) is 11.3 Å². The smallest absolute Gasteiger partial charge is 0.360 e. The van der Waals surface area contributed by atoms with Gasteiger partial charge in [-0.1, -0.05) is 5.16 Å². The van der Waals surface area contributed by atoms with Gasteiger partial charge in [0.1, 0.15) is 0 Å². The van der Waals surface area contributed by atoms with Crippen LogP contribution in [0.15, 0.2) is 28.9 Å². The Kier molecular flexibility index (Phi) is 2.76. The van der Waals surface area contributed by atoms with E-state index in [1.165, 1.54) is 7.11 Å². The van der Waals surface area contributed by atoms with Crippen LogP contribution in [0.2, 0.25) is 0 Å². The fourth-order valence-electron chi connectivity index (χ4n) is 1.51. The molecule has 2 heterocycles. The molecule has 2 aromatic rings. The molecule has 5 heteroatoms. The molecule has 0 bridgehead atoms. The molecule has 0 saturated heterocycles. The monoisotopic (exact) mass is 220 g/mol. The van der Waals surface area contributed by atoms with Crippen LogP contribution in [0.1, 0.15) is 17.4 Å². The van der Waals surface area contributed by atoms with Gasteiger partial charge < -0.3 is 13.8 Å². The zero-order valence-corrected chi connectivity index (χ0v) is 9.14. The minimum absolute atomic E-state index is 0.182. The molecule has 0 amide bonds. The lowest BCUT2D eigenvalue weighted by molar-refractivity contribution is 0.0589. The van der Waals surface area contributed by atoms with Crippen LogP contribution in [-0.4, -0.2) is 22.8 Å². The number of carbonyl (C=O) groups excluding carboxylic acids is 1. The number of esters is 1. The summed E-state index contributed by atoms with van der Waals surface area (Å²) < 4.78 is 11.7. The summed E-state index contributed by atoms with van der Waals surface area (Å²) in [5, 5.41) is 3.66. The minimum atomic E-state index is -0.496. The van der Waals surface area contributed by atoms with Crippen LogP contribution >= 0.6 is 0 Å². The summed E-state index contributed by atoms with van der Waals surface area (Å²) in [5.74, 6) is 0.0665. The number of nitrogens with zero attached hydrogens (tertiary/aromatic N) is 2. The second-order valence-electron chi connectivity index (χ2n) is 3.25. The molecule has 0 spiro atoms. The quantitative estimate of drug-likeness (QED) is 0.742. The van der Waals surface area contributed by atoms with Crippen LogP contribution in [0.4, 0.5) is 0 Å². The van der Waals surface area contributed by atoms with Gasteiger partial charge in [-0.3, -0.25) is 0 Å². The molecule has 0 N–H and O–H groups in total. The maximum Gasteiger partial charge on any atom is 0.360 e. The van der Waals surface area contributed by atoms with Gasteiger partial charge in [0.2, 0.25) is 0 Å². The first-order chi connectivity index (χ1) is 7.76. The fourth-order valence-corrected chi connectivity index (χ4v) is 1.51. The molecule has 2 rings (SSSR count). The summed E-state index contributed by atoms with van der Waals surface area (Å²) in [6.45, 7) is 2.86. The number of ether oxygens (including phenoxy) is 1. The van der Waals surface area contributed by atoms with Gasteiger partial charge in [-0.05, 0) is 19.1 Å². The summed E-state index contributed by atoms with van der Waals surface area (Å²) in [4.78, 5) is 11.2. The second kappa shape index (κ2) is 4.22. The van der Waals surface area contributed by atoms with Crippen molar-refractivity contribution in [3.8, 4) is 11.5 Å². The van der Waals surface area contributed by atoms with E-state index in [0.29, 0.717) is 5.76 Å². The predicted molar refractivity (Wildman–Crippen MR) is 56.9 cm³/mol. The van der Waals surface area contributed by atoms with Crippen LogP contribution in [0.25, 0.3) is 11.5 Å². The van der Waals surface area contributed by atoms with Crippen molar-refractivity contribution in [2.45, 2.75) is 13.5 Å². The molecule has 0 radical (unpaired) electrons. The average molecular weight is 220 g/mol. The maximum atomic E-state index is 11.2. The van der Waals surface area contributed by atoms with Crippen LogP contribution in [0, 0.1) is 0 Å². The number of carbonyl (C=O) groups is 1. The molecular formula is C11H12N2O3. The van der Waals surface area contributed by atoms with Crippen molar-refractivity contribution in [1.82, 2.24) is 9.72 Å². The fraction of sp³-hybridized carbons (Fsp3) is 0.273. The highest BCUT2D eigenvalue weighted by molar-refractivity contribution is 5.88. The number of hydrogen-bond acceptors (Lipinski definition) is 4. The molecule has 0 aliphatic heterocycles. The van der Waals surface area contributed by atoms with E-state index in [-0.39, 0.29) is 5.69 Å². The van der Waals surface area contributed by atoms with Crippen molar-refractivity contribution in [2.75, 3.05) is 7.11 Å². The highest BCUT2D eigenvalue weighted by atomic mass is 16.5. The molecule has 0 aliphatic carbocycles. The minimum Gasteiger partial charge on any atom is -0.464 e. The van der Waals surface area contributed by atoms with Crippen molar-refractivity contribution in [3.63, 3.8) is 0 Å². The van der Waals surface area contributed by atoms with Gasteiger partial charge in [-0.15, -0.1) is 0 Å². The third-order valence-electron chi connectivity index (χ3n) is 2.33. The Morgan fingerprint density at radius 3 is 3.12 bits per heavy atom. The first-order valence-electron chi connectivity index (χ1n) is 4.96. The van der Waals surface area contributed by atoms with E-state index < -0.39 is 5.97 Å². The number of aryl methyl sites for hydroxylation is 1. The van der Waals surface area contributed by atoms with E-state index >= 15 is 0 Å². The third kappa shape index (κ3) is 1.71. The number of aromatic nitrogens is 2. The SMILES string of the molecule is CCn1cccc1-c1cc(C(=O)OC)no1. The highest BCUT2D eigenvalue weighted by Gasteiger charge is 2.15. The number of methoxy groups -OCH3 is 1. The van der Waals surface area contributed by atoms with Crippen molar-refractivity contribution in [2.24, 2.45) is 0 Å². The van der Waals surface area contributed by atoms with E-state index in [4.69, 9.17) is 4.52 Å². The zero-order chi connectivity index (χ0) is 11.5. The molecule has 16 heavy (non-hydrogen) atoms. The second-order valence-corrected chi connectivity index (χ2v) is 3.25. The molecule has 0 atom stereocenters. The highest BCUT2D eigenvalue weighted by Crippen LogP contribution is 2.21. The first kappa shape index (κ1) is 10.5. The third-order valence-corrected chi connectivity index (χ3v) is 2.33. The lowest BCUT2D eigenvalue weighted by Gasteiger charge is -2.00. The topological polar surface area (TPSA) is 57.3 Å². The average Bonchev–Trinajstić information content (AvgIpc) is 2.95. The lowest BCUT2D eigenvalue weighted by Crippen LogP contribution is -2.00. The van der Waals surface area contributed by atoms with Gasteiger partial charge in [0.05, 0.1) is 12.8 Å². The summed E-state index contributed by atoms with van der Waals surface area (Å²) in [7, 11) is 1.31. The van der Waals surface area contributed by atoms with Gasteiger partial charge in [-0.25, -0.2) is 4.79 Å². The molecular weight excluding hydrogens is 208 g/mol. The molecule has 0 fully saturated rings. The summed E-state index contributed by atoms with van der Waals surface area (Å²) in [6.07, 6.45) is 1.94. The standard InChI is InChI=1S/C11H12N2O3/c1-3-13-6-4-5-9(13)10-7-8(12-16-10)11(14)15-2/h4-7H,3H2,1-2H3. The zero-order valence-electron chi connectivity index (χ0n) is 9.14. The van der Waals surface area contributed by atoms with Crippen LogP contribution < -0.4 is 0 Å². The van der Waals surface area contributed by atoms with E-state index in [2.05, 4.69) is 9.89 Å². The normalized spacial score (nSPS) is 10.4. The van der Waals surface area contributed by atoms with Crippen molar-refractivity contribution < 1.29 is 14.1 Å². The van der Waals surface area contributed by atoms with Gasteiger partial charge in [0.15, 0.2) is 11.5 Å². The van der Waals surface area contributed by atoms with E-state index in [1.54, 1.807) is 6.07 Å². The van der Waals surface area contributed by atoms with Crippen LogP contribution in [0.5, 0.6) is 0 Å². The number of rotatable bonds is 3. The Morgan fingerprint density at radius 2 is 2.44 bits per heavy atom. The van der Waals surface area contributed by atoms with E-state index in [1.807, 2.05) is 29.8 Å². The molecule has 0 aliphatic rings. The Hall–Kier alpha value is -2.04. The van der Waals surface area contributed by atoms with E-state index in [9.17, 15) is 4.79 Å². The van der Waals surface area contributed by atoms with Crippen molar-refractivity contribution >= 4 is 5.97 Å². The van der Waals surface area contributed by atoms with Crippen molar-refractivity contribution in [3.05, 3.63) is 30.1 Å². The van der Waals surface area contributed by atoms with Gasteiger partial charge in [0, 0.05) is 18.8 Å². The Morgan fingerprint density at radius 1 is 1.62 bits per heavy atom. The predicted octanol–water partition coefficient (Wildman–Crippen LogP) is 1.95. The van der Waals surface area contributed by atoms with Gasteiger partial charge in [-0.2, -0.15) is 0 Å². The Labute approximate surface area is 92.6 Å². The van der Waals surface area contributed by atoms with Gasteiger partial charge in [0.25, 0.3) is 0 Å². The Bertz CT molecular complexity index is 499. The molecule has 84 valence electrons. The Balaban J connectivity index is 2.35. The summed E-state index contributed by atoms with van der Waals surface area (Å²) >= 11 is 0. The largest absolute Gasteiger partial charge is 0.464 e. The van der Waals surface area contributed by atoms with Crippen LogP contribution in [0.3, 0.4) is 0 Å². The summed E-state index contributed by atoms with van der Waals surface area (Å²) in [6, 6.07) is 5.40. The molecule has 5 nitrogen and oxygen atoms in total. The van der Waals surface area contributed by atoms with Gasteiger partial charge >= 0.3 is 5.97 Å². The lowest BCUT2D eigenvalue weighted by atomic mass is 10.3. The molecule has 2 aromatic heterocycles.